The fourth-order valence-electron chi connectivity index (χ4n) is 10.4. The van der Waals surface area contributed by atoms with Crippen LogP contribution in [0.1, 0.15) is 348 Å². The monoisotopic (exact) mass is 1190 g/mol. The van der Waals surface area contributed by atoms with Gasteiger partial charge < -0.3 is 0 Å². The molecule has 0 heterocycles. The minimum absolute atomic E-state index is 0.320. The topological polar surface area (TPSA) is 78.9 Å². The third-order valence-corrected chi connectivity index (χ3v) is 19.1. The summed E-state index contributed by atoms with van der Waals surface area (Å²) in [5.74, 6) is 0.0211. The number of rotatable bonds is 60. The fraction of sp³-hybridized carbons (Fsp3) is 0.952. The summed E-state index contributed by atoms with van der Waals surface area (Å²) >= 11 is 9.36. The van der Waals surface area contributed by atoms with E-state index in [0.717, 1.165) is 77.0 Å². The Morgan fingerprint density at radius 1 is 0.260 bits per heavy atom. The standard InChI is InChI=1S/3C21H42O2S.Sb/c3*1-2-3-4-5-6-7-8-9-10-11-12-13-14-15-17-20(21(22)23)18-16-19-24;/h3*20,24H,2-19H2,1H3,(H,22,23);/q;;;+3/p-3. The van der Waals surface area contributed by atoms with Gasteiger partial charge in [-0.1, -0.05) is 136 Å². The quantitative estimate of drug-likeness (QED) is 0.0320. The Balaban J connectivity index is 5.49. The number of carbonyl (C=O) groups excluding carboxylic acids is 3. The summed E-state index contributed by atoms with van der Waals surface area (Å²) in [6.07, 6.45) is 60.7. The Morgan fingerprint density at radius 3 is 0.575 bits per heavy atom. The molecule has 0 radical (unpaired) electrons. The molecule has 434 valence electrons. The Hall–Kier alpha value is 0.278. The van der Waals surface area contributed by atoms with Crippen LogP contribution in [-0.4, -0.2) is 56.6 Å². The van der Waals surface area contributed by atoms with Crippen molar-refractivity contribution in [3.63, 3.8) is 0 Å². The molecular formula is C63H123O6S3Sb. The van der Waals surface area contributed by atoms with E-state index >= 15 is 0 Å². The van der Waals surface area contributed by atoms with Gasteiger partial charge in [0.05, 0.1) is 0 Å². The summed E-state index contributed by atoms with van der Waals surface area (Å²) in [4.78, 5) is 42.3. The van der Waals surface area contributed by atoms with E-state index in [-0.39, 0.29) is 35.7 Å². The zero-order valence-corrected chi connectivity index (χ0v) is 53.9. The molecule has 0 saturated carbocycles. The summed E-state index contributed by atoms with van der Waals surface area (Å²) in [5.41, 5.74) is 0. The van der Waals surface area contributed by atoms with E-state index in [1.807, 2.05) is 0 Å². The van der Waals surface area contributed by atoms with Crippen LogP contribution >= 0.6 is 37.9 Å². The molecule has 0 spiro atoms. The smallest absolute Gasteiger partial charge is 0.0654 e. The summed E-state index contributed by atoms with van der Waals surface area (Å²) in [5, 5.41) is 0. The third-order valence-electron chi connectivity index (χ3n) is 15.3. The summed E-state index contributed by atoms with van der Waals surface area (Å²) < 4.78 is 18.6. The van der Waals surface area contributed by atoms with E-state index in [2.05, 4.69) is 58.7 Å². The van der Waals surface area contributed by atoms with Crippen LogP contribution in [0.2, 0.25) is 0 Å². The van der Waals surface area contributed by atoms with Gasteiger partial charge in [-0.05, 0) is 0 Å². The number of hydrogen-bond donors (Lipinski definition) is 3. The molecule has 0 aliphatic heterocycles. The molecule has 0 aromatic heterocycles. The van der Waals surface area contributed by atoms with E-state index in [0.29, 0.717) is 36.5 Å². The summed E-state index contributed by atoms with van der Waals surface area (Å²) in [7, 11) is 0. The van der Waals surface area contributed by atoms with Crippen LogP contribution in [0.4, 0.5) is 0 Å². The van der Waals surface area contributed by atoms with Crippen molar-refractivity contribution in [1.82, 2.24) is 0 Å². The van der Waals surface area contributed by atoms with Crippen LogP contribution in [0, 0.1) is 17.8 Å². The first-order valence-corrected chi connectivity index (χ1v) is 37.2. The van der Waals surface area contributed by atoms with Crippen LogP contribution < -0.4 is 0 Å². The number of carbonyl (C=O) groups is 3. The van der Waals surface area contributed by atoms with E-state index in [4.69, 9.17) is 9.05 Å². The SMILES string of the molecule is CCCCCCCCCCCCCCCCC(CCCS)C(=O)[O][Sb]([O]C(=O)C(CCCS)CCCCCCCCCCCCCCCC)[O]C(=O)C(CCCS)CCCCCCCCCCCCCCCC. The number of hydrogen-bond acceptors (Lipinski definition) is 9. The second kappa shape index (κ2) is 59.9. The first-order chi connectivity index (χ1) is 35.9. The summed E-state index contributed by atoms with van der Waals surface area (Å²) in [6, 6.07) is 0. The van der Waals surface area contributed by atoms with Crippen molar-refractivity contribution in [3.8, 4) is 0 Å². The molecule has 0 aliphatic rings. The third kappa shape index (κ3) is 50.3. The Morgan fingerprint density at radius 2 is 0.411 bits per heavy atom. The van der Waals surface area contributed by atoms with Gasteiger partial charge in [-0.15, -0.1) is 0 Å². The van der Waals surface area contributed by atoms with Crippen molar-refractivity contribution < 1.29 is 23.4 Å². The van der Waals surface area contributed by atoms with Crippen LogP contribution in [0.15, 0.2) is 0 Å². The molecule has 0 amide bonds. The van der Waals surface area contributed by atoms with Gasteiger partial charge in [-0.3, -0.25) is 0 Å². The van der Waals surface area contributed by atoms with E-state index in [1.165, 1.54) is 231 Å². The van der Waals surface area contributed by atoms with Crippen LogP contribution in [0.3, 0.4) is 0 Å². The Kier molecular flexibility index (Phi) is 60.2. The number of unbranched alkanes of at least 4 members (excludes halogenated alkanes) is 39. The fourth-order valence-corrected chi connectivity index (χ4v) is 13.8. The second-order valence-electron chi connectivity index (χ2n) is 22.3. The molecule has 3 unspecified atom stereocenters. The van der Waals surface area contributed by atoms with Crippen molar-refractivity contribution in [2.24, 2.45) is 17.8 Å². The van der Waals surface area contributed by atoms with E-state index in [1.54, 1.807) is 0 Å². The van der Waals surface area contributed by atoms with Gasteiger partial charge in [0.25, 0.3) is 0 Å². The van der Waals surface area contributed by atoms with Gasteiger partial charge in [0.15, 0.2) is 0 Å². The molecule has 0 aromatic carbocycles. The molecule has 10 heteroatoms. The van der Waals surface area contributed by atoms with Gasteiger partial charge >= 0.3 is 348 Å². The van der Waals surface area contributed by atoms with Crippen LogP contribution in [0.5, 0.6) is 0 Å². The van der Waals surface area contributed by atoms with Crippen LogP contribution in [-0.2, 0) is 23.4 Å². The first kappa shape index (κ1) is 73.3. The maximum atomic E-state index is 14.1. The van der Waals surface area contributed by atoms with Crippen molar-refractivity contribution in [3.05, 3.63) is 0 Å². The molecule has 73 heavy (non-hydrogen) atoms. The van der Waals surface area contributed by atoms with Crippen molar-refractivity contribution >= 4 is 77.3 Å². The van der Waals surface area contributed by atoms with E-state index < -0.39 is 21.5 Å². The maximum absolute atomic E-state index is 14.1. The molecular weight excluding hydrogens is 1070 g/mol. The Labute approximate surface area is 480 Å². The molecule has 0 fully saturated rings. The van der Waals surface area contributed by atoms with E-state index in [9.17, 15) is 14.4 Å². The minimum Gasteiger partial charge on any atom is -0.0654 e. The molecule has 0 N–H and O–H groups in total. The van der Waals surface area contributed by atoms with Crippen molar-refractivity contribution in [2.75, 3.05) is 17.3 Å². The summed E-state index contributed by atoms with van der Waals surface area (Å²) in [6.45, 7) is 6.84. The van der Waals surface area contributed by atoms with Crippen molar-refractivity contribution in [2.45, 2.75) is 348 Å². The molecule has 0 aromatic rings. The molecule has 3 atom stereocenters. The molecule has 0 rings (SSSR count). The number of thiol groups is 3. The predicted molar refractivity (Wildman–Crippen MR) is 329 cm³/mol. The van der Waals surface area contributed by atoms with Gasteiger partial charge in [0.1, 0.15) is 0 Å². The molecule has 0 aliphatic carbocycles. The zero-order valence-electron chi connectivity index (χ0n) is 48.7. The van der Waals surface area contributed by atoms with Crippen LogP contribution in [0.25, 0.3) is 0 Å². The average molecular weight is 1190 g/mol. The minimum atomic E-state index is -4.10. The van der Waals surface area contributed by atoms with Gasteiger partial charge in [0.2, 0.25) is 0 Å². The zero-order chi connectivity index (χ0) is 53.3. The molecule has 6 nitrogen and oxygen atoms in total. The molecule has 0 bridgehead atoms. The molecule has 0 saturated heterocycles. The van der Waals surface area contributed by atoms with Gasteiger partial charge in [0, 0.05) is 0 Å². The average Bonchev–Trinajstić information content (AvgIpc) is 3.38. The van der Waals surface area contributed by atoms with Gasteiger partial charge in [-0.2, -0.15) is 0 Å². The van der Waals surface area contributed by atoms with Crippen molar-refractivity contribution in [1.29, 1.82) is 0 Å². The first-order valence-electron chi connectivity index (χ1n) is 32.2. The van der Waals surface area contributed by atoms with Gasteiger partial charge in [-0.25, -0.2) is 0 Å². The normalized spacial score (nSPS) is 12.9. The Bertz CT molecular complexity index is 1030. The predicted octanol–water partition coefficient (Wildman–Crippen LogP) is 21.2. The second-order valence-corrected chi connectivity index (χ2v) is 26.5.